The first-order valence-corrected chi connectivity index (χ1v) is 6.53. The smallest absolute Gasteiger partial charge is 0.382 e. The molecule has 1 rings (SSSR count). The summed E-state index contributed by atoms with van der Waals surface area (Å²) in [5, 5.41) is 12.0. The molecule has 22 heavy (non-hydrogen) atoms. The first-order chi connectivity index (χ1) is 9.74. The molecule has 2 N–H and O–H groups in total. The average molecular weight is 452 g/mol. The van der Waals surface area contributed by atoms with Gasteiger partial charge in [0.05, 0.1) is 6.54 Å². The summed E-state index contributed by atoms with van der Waals surface area (Å²) in [5.41, 5.74) is 0.893. The van der Waals surface area contributed by atoms with E-state index >= 15 is 0 Å². The molecular weight excluding hydrogens is 434 g/mol. The standard InChI is InChI=1S/C13H17ClF3N3O.HI/c1-18-12(19-7-11(21)13(15,16)17)20(2)8-9-4-3-5-10(14)6-9;/h3-6,11,21H,7-8H2,1-2H3,(H,18,19);1H. The molecule has 0 fully saturated rings. The van der Waals surface area contributed by atoms with Gasteiger partial charge in [0.15, 0.2) is 12.1 Å². The average Bonchev–Trinajstić information content (AvgIpc) is 2.38. The summed E-state index contributed by atoms with van der Waals surface area (Å²) in [7, 11) is 3.13. The first-order valence-electron chi connectivity index (χ1n) is 6.15. The normalized spacial score (nSPS) is 13.3. The van der Waals surface area contributed by atoms with Crippen molar-refractivity contribution in [3.63, 3.8) is 0 Å². The Morgan fingerprint density at radius 3 is 2.59 bits per heavy atom. The van der Waals surface area contributed by atoms with Gasteiger partial charge in [-0.1, -0.05) is 23.7 Å². The lowest BCUT2D eigenvalue weighted by atomic mass is 10.2. The van der Waals surface area contributed by atoms with Gasteiger partial charge >= 0.3 is 6.18 Å². The van der Waals surface area contributed by atoms with Crippen molar-refractivity contribution < 1.29 is 18.3 Å². The van der Waals surface area contributed by atoms with Crippen molar-refractivity contribution in [2.24, 2.45) is 4.99 Å². The van der Waals surface area contributed by atoms with Gasteiger partial charge in [-0.05, 0) is 17.7 Å². The zero-order valence-electron chi connectivity index (χ0n) is 12.1. The minimum atomic E-state index is -4.66. The third-order valence-corrected chi connectivity index (χ3v) is 2.95. The van der Waals surface area contributed by atoms with E-state index in [1.165, 1.54) is 7.05 Å². The molecule has 1 aromatic rings. The van der Waals surface area contributed by atoms with E-state index in [4.69, 9.17) is 16.7 Å². The Balaban J connectivity index is 0.00000441. The summed E-state index contributed by atoms with van der Waals surface area (Å²) in [4.78, 5) is 5.51. The van der Waals surface area contributed by atoms with Gasteiger partial charge in [-0.2, -0.15) is 13.2 Å². The van der Waals surface area contributed by atoms with Crippen LogP contribution in [0.5, 0.6) is 0 Å². The van der Waals surface area contributed by atoms with Crippen LogP contribution in [0.2, 0.25) is 5.02 Å². The van der Waals surface area contributed by atoms with E-state index < -0.39 is 18.8 Å². The minimum Gasteiger partial charge on any atom is -0.382 e. The third-order valence-electron chi connectivity index (χ3n) is 2.71. The van der Waals surface area contributed by atoms with Crippen molar-refractivity contribution in [3.8, 4) is 0 Å². The number of nitrogens with zero attached hydrogens (tertiary/aromatic N) is 2. The Morgan fingerprint density at radius 2 is 2.09 bits per heavy atom. The fraction of sp³-hybridized carbons (Fsp3) is 0.462. The van der Waals surface area contributed by atoms with Gasteiger partial charge in [0.1, 0.15) is 0 Å². The SMILES string of the molecule is CN=C(NCC(O)C(F)(F)F)N(C)Cc1cccc(Cl)c1.I. The Kier molecular flexibility index (Phi) is 9.09. The number of aliphatic imine (C=N–C) groups is 1. The van der Waals surface area contributed by atoms with Gasteiger partial charge in [-0.3, -0.25) is 4.99 Å². The molecule has 0 aliphatic carbocycles. The highest BCUT2D eigenvalue weighted by atomic mass is 127. The van der Waals surface area contributed by atoms with Crippen LogP contribution in [0.4, 0.5) is 13.2 Å². The fourth-order valence-electron chi connectivity index (χ4n) is 1.67. The van der Waals surface area contributed by atoms with E-state index in [1.54, 1.807) is 30.1 Å². The molecule has 9 heteroatoms. The van der Waals surface area contributed by atoms with Gasteiger partial charge < -0.3 is 15.3 Å². The van der Waals surface area contributed by atoms with Crippen molar-refractivity contribution in [1.29, 1.82) is 0 Å². The molecule has 0 aliphatic heterocycles. The molecule has 1 atom stereocenters. The number of hydrogen-bond donors (Lipinski definition) is 2. The van der Waals surface area contributed by atoms with E-state index in [-0.39, 0.29) is 29.9 Å². The number of hydrogen-bond acceptors (Lipinski definition) is 2. The topological polar surface area (TPSA) is 47.9 Å². The molecule has 126 valence electrons. The number of rotatable bonds is 4. The number of aliphatic hydroxyl groups excluding tert-OH is 1. The van der Waals surface area contributed by atoms with Crippen LogP contribution in [0.1, 0.15) is 5.56 Å². The second kappa shape index (κ2) is 9.41. The summed E-state index contributed by atoms with van der Waals surface area (Å²) >= 11 is 5.87. The van der Waals surface area contributed by atoms with Crippen LogP contribution in [0.3, 0.4) is 0 Å². The summed E-state index contributed by atoms with van der Waals surface area (Å²) < 4.78 is 36.7. The van der Waals surface area contributed by atoms with Crippen LogP contribution in [0, 0.1) is 0 Å². The number of halogens is 5. The van der Waals surface area contributed by atoms with E-state index in [9.17, 15) is 13.2 Å². The highest BCUT2D eigenvalue weighted by Gasteiger charge is 2.38. The number of aliphatic hydroxyl groups is 1. The predicted octanol–water partition coefficient (Wildman–Crippen LogP) is 2.89. The fourth-order valence-corrected chi connectivity index (χ4v) is 1.89. The number of benzene rings is 1. The van der Waals surface area contributed by atoms with Crippen molar-refractivity contribution in [2.45, 2.75) is 18.8 Å². The number of nitrogens with one attached hydrogen (secondary N) is 1. The Bertz CT molecular complexity index is 500. The summed E-state index contributed by atoms with van der Waals surface area (Å²) in [6.07, 6.45) is -7.09. The Hall–Kier alpha value is -0.740. The second-order valence-electron chi connectivity index (χ2n) is 4.47. The summed E-state index contributed by atoms with van der Waals surface area (Å²) in [6.45, 7) is -0.238. The van der Waals surface area contributed by atoms with Gasteiger partial charge in [0, 0.05) is 25.7 Å². The van der Waals surface area contributed by atoms with Crippen molar-refractivity contribution in [3.05, 3.63) is 34.9 Å². The summed E-state index contributed by atoms with van der Waals surface area (Å²) in [6, 6.07) is 7.13. The lowest BCUT2D eigenvalue weighted by Gasteiger charge is -2.24. The molecule has 0 bridgehead atoms. The minimum absolute atomic E-state index is 0. The van der Waals surface area contributed by atoms with Crippen LogP contribution in [-0.4, -0.2) is 48.9 Å². The lowest BCUT2D eigenvalue weighted by molar-refractivity contribution is -0.201. The molecule has 1 unspecified atom stereocenters. The molecule has 0 aromatic heterocycles. The first kappa shape index (κ1) is 21.3. The second-order valence-corrected chi connectivity index (χ2v) is 4.91. The zero-order chi connectivity index (χ0) is 16.0. The highest BCUT2D eigenvalue weighted by Crippen LogP contribution is 2.19. The maximum atomic E-state index is 12.2. The van der Waals surface area contributed by atoms with E-state index in [2.05, 4.69) is 10.3 Å². The molecule has 0 saturated heterocycles. The molecule has 1 aromatic carbocycles. The molecule has 0 spiro atoms. The van der Waals surface area contributed by atoms with Crippen molar-refractivity contribution >= 4 is 41.5 Å². The molecule has 4 nitrogen and oxygen atoms in total. The van der Waals surface area contributed by atoms with Crippen molar-refractivity contribution in [2.75, 3.05) is 20.6 Å². The lowest BCUT2D eigenvalue weighted by Crippen LogP contribution is -2.45. The predicted molar refractivity (Wildman–Crippen MR) is 91.8 cm³/mol. The van der Waals surface area contributed by atoms with E-state index in [0.29, 0.717) is 11.6 Å². The largest absolute Gasteiger partial charge is 0.416 e. The molecule has 0 heterocycles. The molecule has 0 amide bonds. The van der Waals surface area contributed by atoms with Crippen LogP contribution >= 0.6 is 35.6 Å². The van der Waals surface area contributed by atoms with Gasteiger partial charge in [-0.15, -0.1) is 24.0 Å². The maximum absolute atomic E-state index is 12.2. The van der Waals surface area contributed by atoms with Crippen LogP contribution in [0.15, 0.2) is 29.3 Å². The molecule has 0 saturated carbocycles. The summed E-state index contributed by atoms with van der Waals surface area (Å²) in [5.74, 6) is 0.248. The number of guanidine groups is 1. The molecule has 0 aliphatic rings. The van der Waals surface area contributed by atoms with Crippen LogP contribution < -0.4 is 5.32 Å². The van der Waals surface area contributed by atoms with Crippen LogP contribution in [-0.2, 0) is 6.54 Å². The maximum Gasteiger partial charge on any atom is 0.416 e. The van der Waals surface area contributed by atoms with Gasteiger partial charge in [0.25, 0.3) is 0 Å². The highest BCUT2D eigenvalue weighted by molar-refractivity contribution is 14.0. The number of alkyl halides is 3. The monoisotopic (exact) mass is 451 g/mol. The van der Waals surface area contributed by atoms with Crippen LogP contribution in [0.25, 0.3) is 0 Å². The Labute approximate surface area is 149 Å². The van der Waals surface area contributed by atoms with Gasteiger partial charge in [-0.25, -0.2) is 0 Å². The Morgan fingerprint density at radius 1 is 1.45 bits per heavy atom. The van der Waals surface area contributed by atoms with Crippen molar-refractivity contribution in [1.82, 2.24) is 10.2 Å². The molecular formula is C13H18ClF3IN3O. The third kappa shape index (κ3) is 7.01. The quantitative estimate of drug-likeness (QED) is 0.420. The zero-order valence-corrected chi connectivity index (χ0v) is 15.1. The van der Waals surface area contributed by atoms with E-state index in [0.717, 1.165) is 5.56 Å². The van der Waals surface area contributed by atoms with Gasteiger partial charge in [0.2, 0.25) is 0 Å². The van der Waals surface area contributed by atoms with E-state index in [1.807, 2.05) is 6.07 Å². The molecule has 0 radical (unpaired) electrons.